The number of rotatable bonds is 5. The predicted octanol–water partition coefficient (Wildman–Crippen LogP) is 2.45. The standard InChI is InChI=1S/C23H29N3O4/c1-16-9-10-20(30-3)18(11-16)12-19-13-24-21(27)15-26(22(19)28)23(29)25(2)14-17-7-5-4-6-8-17/h5,7-11,19H,4,6,12-15H2,1-3H3,(H,24,27). The molecule has 1 heterocycles. The molecule has 1 unspecified atom stereocenters. The molecule has 0 aromatic heterocycles. The summed E-state index contributed by atoms with van der Waals surface area (Å²) in [6.07, 6.45) is 8.48. The van der Waals surface area contributed by atoms with Crippen LogP contribution >= 0.6 is 0 Å². The van der Waals surface area contributed by atoms with Crippen LogP contribution in [0.2, 0.25) is 0 Å². The summed E-state index contributed by atoms with van der Waals surface area (Å²) in [5.41, 5.74) is 2.97. The van der Waals surface area contributed by atoms with E-state index >= 15 is 0 Å². The van der Waals surface area contributed by atoms with Crippen LogP contribution < -0.4 is 10.1 Å². The van der Waals surface area contributed by atoms with Crippen LogP contribution in [0.15, 0.2) is 42.0 Å². The summed E-state index contributed by atoms with van der Waals surface area (Å²) in [7, 11) is 3.24. The van der Waals surface area contributed by atoms with Crippen LogP contribution in [0.4, 0.5) is 4.79 Å². The molecule has 2 aliphatic rings. The first-order chi connectivity index (χ1) is 14.4. The first kappa shape index (κ1) is 21.6. The molecule has 4 amide bonds. The van der Waals surface area contributed by atoms with E-state index in [2.05, 4.69) is 17.5 Å². The SMILES string of the molecule is COc1ccc(C)cc1CC1CNC(=O)CN(C(=O)N(C)CC2=CCCC=C2)C1=O. The number of amides is 4. The Balaban J connectivity index is 1.77. The number of methoxy groups -OCH3 is 1. The zero-order valence-electron chi connectivity index (χ0n) is 17.8. The number of nitrogens with one attached hydrogen (secondary N) is 1. The molecule has 1 aromatic carbocycles. The number of imide groups is 1. The Bertz CT molecular complexity index is 890. The molecule has 1 atom stereocenters. The molecule has 7 heteroatoms. The Labute approximate surface area is 177 Å². The number of carbonyl (C=O) groups excluding carboxylic acids is 3. The van der Waals surface area contributed by atoms with E-state index < -0.39 is 11.9 Å². The number of likely N-dealkylation sites (N-methyl/N-ethyl adjacent to an activating group) is 1. The maximum absolute atomic E-state index is 13.2. The van der Waals surface area contributed by atoms with Gasteiger partial charge in [0.05, 0.1) is 13.0 Å². The van der Waals surface area contributed by atoms with E-state index in [4.69, 9.17) is 4.74 Å². The van der Waals surface area contributed by atoms with E-state index in [9.17, 15) is 14.4 Å². The normalized spacial score (nSPS) is 19.1. The first-order valence-corrected chi connectivity index (χ1v) is 10.2. The van der Waals surface area contributed by atoms with Gasteiger partial charge in [0.25, 0.3) is 0 Å². The van der Waals surface area contributed by atoms with E-state index in [0.717, 1.165) is 34.4 Å². The van der Waals surface area contributed by atoms with Crippen molar-refractivity contribution >= 4 is 17.8 Å². The van der Waals surface area contributed by atoms with Crippen molar-refractivity contribution in [1.82, 2.24) is 15.1 Å². The summed E-state index contributed by atoms with van der Waals surface area (Å²) in [5.74, 6) is -0.532. The van der Waals surface area contributed by atoms with Crippen molar-refractivity contribution < 1.29 is 19.1 Å². The second-order valence-corrected chi connectivity index (χ2v) is 7.84. The molecule has 1 aliphatic carbocycles. The fraction of sp³-hybridized carbons (Fsp3) is 0.435. The summed E-state index contributed by atoms with van der Waals surface area (Å²) >= 11 is 0. The molecule has 1 saturated heterocycles. The van der Waals surface area contributed by atoms with E-state index in [-0.39, 0.29) is 24.9 Å². The van der Waals surface area contributed by atoms with Gasteiger partial charge in [-0.1, -0.05) is 35.9 Å². The van der Waals surface area contributed by atoms with Gasteiger partial charge >= 0.3 is 6.03 Å². The monoisotopic (exact) mass is 411 g/mol. The molecule has 0 saturated carbocycles. The van der Waals surface area contributed by atoms with Gasteiger partial charge < -0.3 is 15.0 Å². The van der Waals surface area contributed by atoms with Crippen molar-refractivity contribution in [2.24, 2.45) is 5.92 Å². The Morgan fingerprint density at radius 1 is 1.30 bits per heavy atom. The van der Waals surface area contributed by atoms with E-state index in [0.29, 0.717) is 18.7 Å². The third kappa shape index (κ3) is 5.09. The number of nitrogens with zero attached hydrogens (tertiary/aromatic N) is 2. The van der Waals surface area contributed by atoms with Crippen molar-refractivity contribution in [1.29, 1.82) is 0 Å². The highest BCUT2D eigenvalue weighted by Gasteiger charge is 2.35. The lowest BCUT2D eigenvalue weighted by molar-refractivity contribution is -0.134. The van der Waals surface area contributed by atoms with Gasteiger partial charge in [-0.05, 0) is 43.4 Å². The molecular weight excluding hydrogens is 382 g/mol. The van der Waals surface area contributed by atoms with E-state index in [1.54, 1.807) is 14.2 Å². The average Bonchev–Trinajstić information content (AvgIpc) is 2.87. The number of urea groups is 1. The van der Waals surface area contributed by atoms with Gasteiger partial charge in [-0.15, -0.1) is 0 Å². The van der Waals surface area contributed by atoms with Gasteiger partial charge in [-0.3, -0.25) is 14.5 Å². The summed E-state index contributed by atoms with van der Waals surface area (Å²) < 4.78 is 5.43. The number of hydrogen-bond acceptors (Lipinski definition) is 4. The van der Waals surface area contributed by atoms with Crippen LogP contribution in [0.1, 0.15) is 24.0 Å². The molecular formula is C23H29N3O4. The highest BCUT2D eigenvalue weighted by Crippen LogP contribution is 2.24. The lowest BCUT2D eigenvalue weighted by Crippen LogP contribution is -2.48. The van der Waals surface area contributed by atoms with Gasteiger partial charge in [0.15, 0.2) is 0 Å². The highest BCUT2D eigenvalue weighted by molar-refractivity contribution is 6.00. The zero-order valence-corrected chi connectivity index (χ0v) is 17.8. The van der Waals surface area contributed by atoms with Crippen LogP contribution in [0.25, 0.3) is 0 Å². The van der Waals surface area contributed by atoms with Crippen LogP contribution in [0, 0.1) is 12.8 Å². The Morgan fingerprint density at radius 3 is 2.80 bits per heavy atom. The van der Waals surface area contributed by atoms with E-state index in [1.807, 2.05) is 31.2 Å². The molecule has 0 bridgehead atoms. The minimum absolute atomic E-state index is 0.191. The Kier molecular flexibility index (Phi) is 6.92. The van der Waals surface area contributed by atoms with E-state index in [1.165, 1.54) is 4.90 Å². The second-order valence-electron chi connectivity index (χ2n) is 7.84. The summed E-state index contributed by atoms with van der Waals surface area (Å²) in [6, 6.07) is 5.32. The van der Waals surface area contributed by atoms with Crippen molar-refractivity contribution in [3.8, 4) is 5.75 Å². The quantitative estimate of drug-likeness (QED) is 0.807. The van der Waals surface area contributed by atoms with Gasteiger partial charge in [0, 0.05) is 20.1 Å². The number of hydrogen-bond donors (Lipinski definition) is 1. The largest absolute Gasteiger partial charge is 0.496 e. The lowest BCUT2D eigenvalue weighted by atomic mass is 9.96. The molecule has 160 valence electrons. The third-order valence-electron chi connectivity index (χ3n) is 5.41. The number of ether oxygens (including phenoxy) is 1. The predicted molar refractivity (Wildman–Crippen MR) is 114 cm³/mol. The van der Waals surface area contributed by atoms with Crippen molar-refractivity contribution in [3.05, 3.63) is 53.1 Å². The molecule has 1 aliphatic heterocycles. The van der Waals surface area contributed by atoms with Gasteiger partial charge in [-0.25, -0.2) is 4.79 Å². The van der Waals surface area contributed by atoms with Crippen molar-refractivity contribution in [3.63, 3.8) is 0 Å². The average molecular weight is 412 g/mol. The van der Waals surface area contributed by atoms with Gasteiger partial charge in [-0.2, -0.15) is 0 Å². The Morgan fingerprint density at radius 2 is 2.10 bits per heavy atom. The summed E-state index contributed by atoms with van der Waals surface area (Å²) in [6.45, 7) is 2.30. The fourth-order valence-electron chi connectivity index (χ4n) is 3.81. The molecule has 30 heavy (non-hydrogen) atoms. The molecule has 1 fully saturated rings. The highest BCUT2D eigenvalue weighted by atomic mass is 16.5. The van der Waals surface area contributed by atoms with Crippen LogP contribution in [0.5, 0.6) is 5.75 Å². The van der Waals surface area contributed by atoms with Gasteiger partial charge in [0.1, 0.15) is 12.3 Å². The number of benzene rings is 1. The summed E-state index contributed by atoms with van der Waals surface area (Å²) in [4.78, 5) is 41.0. The molecule has 3 rings (SSSR count). The third-order valence-corrected chi connectivity index (χ3v) is 5.41. The first-order valence-electron chi connectivity index (χ1n) is 10.2. The lowest BCUT2D eigenvalue weighted by Gasteiger charge is -2.27. The maximum Gasteiger partial charge on any atom is 0.327 e. The molecule has 1 aromatic rings. The number of aryl methyl sites for hydroxylation is 1. The minimum Gasteiger partial charge on any atom is -0.496 e. The minimum atomic E-state index is -0.543. The molecule has 1 N–H and O–H groups in total. The van der Waals surface area contributed by atoms with Crippen LogP contribution in [0.3, 0.4) is 0 Å². The zero-order chi connectivity index (χ0) is 21.7. The van der Waals surface area contributed by atoms with Crippen LogP contribution in [-0.2, 0) is 16.0 Å². The molecule has 7 nitrogen and oxygen atoms in total. The topological polar surface area (TPSA) is 79.0 Å². The fourth-order valence-corrected chi connectivity index (χ4v) is 3.81. The number of carbonyl (C=O) groups is 3. The molecule has 0 radical (unpaired) electrons. The Hall–Kier alpha value is -3.09. The van der Waals surface area contributed by atoms with Crippen molar-refractivity contribution in [2.75, 3.05) is 33.8 Å². The number of allylic oxidation sites excluding steroid dienone is 2. The smallest absolute Gasteiger partial charge is 0.327 e. The van der Waals surface area contributed by atoms with Gasteiger partial charge in [0.2, 0.25) is 11.8 Å². The maximum atomic E-state index is 13.2. The van der Waals surface area contributed by atoms with Crippen LogP contribution in [-0.4, -0.2) is 61.4 Å². The molecule has 0 spiro atoms. The van der Waals surface area contributed by atoms with Crippen molar-refractivity contribution in [2.45, 2.75) is 26.2 Å². The summed E-state index contributed by atoms with van der Waals surface area (Å²) in [5, 5.41) is 2.77. The second kappa shape index (κ2) is 9.61.